The molecule has 0 aromatic carbocycles. The lowest BCUT2D eigenvalue weighted by atomic mass is 9.91. The van der Waals surface area contributed by atoms with Crippen LogP contribution in [0, 0.1) is 17.8 Å². The molecule has 10 heteroatoms. The molecule has 0 radical (unpaired) electrons. The van der Waals surface area contributed by atoms with E-state index < -0.39 is 29.3 Å². The molecule has 3 rings (SSSR count). The predicted octanol–water partition coefficient (Wildman–Crippen LogP) is -0.180. The molecule has 110 valence electrons. The van der Waals surface area contributed by atoms with Crippen molar-refractivity contribution in [1.29, 1.82) is 0 Å². The maximum atomic E-state index is 11.3. The first-order valence-electron chi connectivity index (χ1n) is 5.72. The Morgan fingerprint density at radius 2 is 2.20 bits per heavy atom. The van der Waals surface area contributed by atoms with Gasteiger partial charge in [0.05, 0.1) is 5.92 Å². The number of aromatic nitrogens is 3. The number of hydrogen-bond donors (Lipinski definition) is 4. The molecule has 20 heavy (non-hydrogen) atoms. The van der Waals surface area contributed by atoms with Gasteiger partial charge >= 0.3 is 11.9 Å². The summed E-state index contributed by atoms with van der Waals surface area (Å²) in [7, 11) is 0. The molecule has 0 spiro atoms. The third-order valence-corrected chi connectivity index (χ3v) is 5.16. The Bertz CT molecular complexity index is 541. The summed E-state index contributed by atoms with van der Waals surface area (Å²) in [5.41, 5.74) is 4.45. The van der Waals surface area contributed by atoms with Crippen molar-refractivity contribution in [2.45, 2.75) is 22.4 Å². The summed E-state index contributed by atoms with van der Waals surface area (Å²) in [6.45, 7) is 0. The van der Waals surface area contributed by atoms with E-state index in [1.165, 1.54) is 18.1 Å². The number of nitrogens with two attached hydrogens (primary N) is 1. The SMILES string of the molecule is Cl.NC1(C(=O)O)C[C@@H](Sc2nc[nH]n2)C2C(C(=O)O)C21. The van der Waals surface area contributed by atoms with E-state index in [2.05, 4.69) is 15.2 Å². The van der Waals surface area contributed by atoms with Crippen molar-refractivity contribution in [2.24, 2.45) is 23.5 Å². The number of hydrogen-bond acceptors (Lipinski definition) is 6. The van der Waals surface area contributed by atoms with Gasteiger partial charge in [0.15, 0.2) is 0 Å². The molecule has 5 atom stereocenters. The van der Waals surface area contributed by atoms with E-state index in [1.54, 1.807) is 0 Å². The topological polar surface area (TPSA) is 142 Å². The van der Waals surface area contributed by atoms with E-state index in [-0.39, 0.29) is 30.0 Å². The van der Waals surface area contributed by atoms with Gasteiger partial charge in [-0.25, -0.2) is 4.98 Å². The van der Waals surface area contributed by atoms with Crippen LogP contribution in [-0.2, 0) is 9.59 Å². The minimum atomic E-state index is -1.46. The third-order valence-electron chi connectivity index (χ3n) is 3.97. The molecule has 1 heterocycles. The van der Waals surface area contributed by atoms with Crippen LogP contribution >= 0.6 is 24.2 Å². The molecule has 2 aliphatic carbocycles. The van der Waals surface area contributed by atoms with Crippen LogP contribution in [0.3, 0.4) is 0 Å². The molecule has 2 saturated carbocycles. The maximum Gasteiger partial charge on any atom is 0.324 e. The number of carboxylic acids is 2. The highest BCUT2D eigenvalue weighted by Crippen LogP contribution is 2.65. The van der Waals surface area contributed by atoms with Crippen LogP contribution in [0.25, 0.3) is 0 Å². The van der Waals surface area contributed by atoms with Crippen molar-refractivity contribution < 1.29 is 19.8 Å². The van der Waals surface area contributed by atoms with Gasteiger partial charge in [-0.2, -0.15) is 0 Å². The van der Waals surface area contributed by atoms with Gasteiger partial charge in [0.2, 0.25) is 5.16 Å². The highest BCUT2D eigenvalue weighted by Gasteiger charge is 2.74. The van der Waals surface area contributed by atoms with Gasteiger partial charge in [-0.3, -0.25) is 14.7 Å². The average molecular weight is 321 g/mol. The van der Waals surface area contributed by atoms with Gasteiger partial charge in [0.25, 0.3) is 0 Å². The smallest absolute Gasteiger partial charge is 0.324 e. The van der Waals surface area contributed by atoms with Crippen LogP contribution in [0.4, 0.5) is 0 Å². The highest BCUT2D eigenvalue weighted by atomic mass is 35.5. The number of aliphatic carboxylic acids is 2. The first kappa shape index (κ1) is 15.1. The number of rotatable bonds is 4. The van der Waals surface area contributed by atoms with Crippen LogP contribution in [0.1, 0.15) is 6.42 Å². The second kappa shape index (κ2) is 4.90. The lowest BCUT2D eigenvalue weighted by molar-refractivity contribution is -0.145. The second-order valence-electron chi connectivity index (χ2n) is 4.95. The van der Waals surface area contributed by atoms with Crippen LogP contribution in [0.2, 0.25) is 0 Å². The van der Waals surface area contributed by atoms with Gasteiger partial charge in [-0.15, -0.1) is 17.5 Å². The van der Waals surface area contributed by atoms with Gasteiger partial charge in [0, 0.05) is 11.2 Å². The first-order chi connectivity index (χ1) is 8.95. The molecule has 8 nitrogen and oxygen atoms in total. The lowest BCUT2D eigenvalue weighted by Gasteiger charge is -2.23. The first-order valence-corrected chi connectivity index (χ1v) is 6.60. The fraction of sp³-hybridized carbons (Fsp3) is 0.600. The van der Waals surface area contributed by atoms with Crippen molar-refractivity contribution >= 4 is 36.1 Å². The molecule has 2 fully saturated rings. The van der Waals surface area contributed by atoms with Crippen LogP contribution in [0.15, 0.2) is 11.5 Å². The standard InChI is InChI=1S/C10H12N4O4S.ClH/c11-10(8(17)18)1-3(19-9-12-2-13-14-9)4-5(6(4)10)7(15)16;/h2-6H,1,11H2,(H,15,16)(H,17,18)(H,12,13,14);1H/t3-,4?,5?,6?,10?;/m1./s1. The number of thioether (sulfide) groups is 1. The van der Waals surface area contributed by atoms with E-state index in [0.29, 0.717) is 5.16 Å². The van der Waals surface area contributed by atoms with Crippen molar-refractivity contribution in [3.05, 3.63) is 6.33 Å². The second-order valence-corrected chi connectivity index (χ2v) is 6.16. The summed E-state index contributed by atoms with van der Waals surface area (Å²) in [5, 5.41) is 25.1. The number of carbonyl (C=O) groups is 2. The lowest BCUT2D eigenvalue weighted by Crippen LogP contribution is -2.50. The number of nitrogens with zero attached hydrogens (tertiary/aromatic N) is 2. The van der Waals surface area contributed by atoms with E-state index >= 15 is 0 Å². The molecule has 0 bridgehead atoms. The van der Waals surface area contributed by atoms with Gasteiger partial charge in [-0.1, -0.05) is 11.8 Å². The summed E-state index contributed by atoms with van der Waals surface area (Å²) >= 11 is 1.29. The number of carboxylic acid groups (broad SMARTS) is 2. The monoisotopic (exact) mass is 320 g/mol. The minimum Gasteiger partial charge on any atom is -0.481 e. The van der Waals surface area contributed by atoms with Crippen molar-refractivity contribution in [1.82, 2.24) is 15.2 Å². The zero-order valence-electron chi connectivity index (χ0n) is 10.1. The predicted molar refractivity (Wildman–Crippen MR) is 70.6 cm³/mol. The van der Waals surface area contributed by atoms with E-state index in [9.17, 15) is 14.7 Å². The van der Waals surface area contributed by atoms with Crippen molar-refractivity contribution in [3.8, 4) is 0 Å². The summed E-state index contributed by atoms with van der Waals surface area (Å²) < 4.78 is 0. The molecule has 2 aliphatic rings. The zero-order chi connectivity index (χ0) is 13.8. The maximum absolute atomic E-state index is 11.3. The highest BCUT2D eigenvalue weighted by molar-refractivity contribution is 7.99. The van der Waals surface area contributed by atoms with E-state index in [0.717, 1.165) is 0 Å². The average Bonchev–Trinajstić information content (AvgIpc) is 2.77. The number of aromatic amines is 1. The molecule has 1 aromatic heterocycles. The van der Waals surface area contributed by atoms with Gasteiger partial charge in [-0.05, 0) is 12.3 Å². The number of halogens is 1. The molecule has 0 saturated heterocycles. The van der Waals surface area contributed by atoms with Crippen molar-refractivity contribution in [2.75, 3.05) is 0 Å². The Hall–Kier alpha value is -1.32. The third kappa shape index (κ3) is 2.05. The van der Waals surface area contributed by atoms with Crippen LogP contribution in [0.5, 0.6) is 0 Å². The Morgan fingerprint density at radius 1 is 1.50 bits per heavy atom. The van der Waals surface area contributed by atoms with E-state index in [4.69, 9.17) is 10.8 Å². The molecule has 0 aliphatic heterocycles. The summed E-state index contributed by atoms with van der Waals surface area (Å²) in [5.74, 6) is -3.51. The fourth-order valence-electron chi connectivity index (χ4n) is 3.12. The van der Waals surface area contributed by atoms with Crippen molar-refractivity contribution in [3.63, 3.8) is 0 Å². The number of H-pyrrole nitrogens is 1. The fourth-order valence-corrected chi connectivity index (χ4v) is 4.47. The summed E-state index contributed by atoms with van der Waals surface area (Å²) in [6, 6.07) is 0. The van der Waals surface area contributed by atoms with E-state index in [1.807, 2.05) is 0 Å². The molecule has 5 N–H and O–H groups in total. The number of fused-ring (bicyclic) bond motifs is 1. The molecular formula is C10H13ClN4O4S. The van der Waals surface area contributed by atoms with Gasteiger partial charge < -0.3 is 15.9 Å². The zero-order valence-corrected chi connectivity index (χ0v) is 11.7. The summed E-state index contributed by atoms with van der Waals surface area (Å²) in [4.78, 5) is 26.4. The Labute approximate surface area is 123 Å². The van der Waals surface area contributed by atoms with Crippen LogP contribution in [-0.4, -0.2) is 48.1 Å². The molecule has 1 aromatic rings. The Balaban J connectivity index is 0.00000147. The molecule has 0 amide bonds. The minimum absolute atomic E-state index is 0. The van der Waals surface area contributed by atoms with Crippen LogP contribution < -0.4 is 5.73 Å². The summed E-state index contributed by atoms with van der Waals surface area (Å²) in [6.07, 6.45) is 1.66. The largest absolute Gasteiger partial charge is 0.481 e. The molecular weight excluding hydrogens is 308 g/mol. The molecule has 4 unspecified atom stereocenters. The van der Waals surface area contributed by atoms with Gasteiger partial charge in [0.1, 0.15) is 11.9 Å². The quantitative estimate of drug-likeness (QED) is 0.598. The number of nitrogens with one attached hydrogen (secondary N) is 1. The normalized spacial score (nSPS) is 37.9. The Morgan fingerprint density at radius 3 is 2.70 bits per heavy atom. The Kier molecular flexibility index (Phi) is 3.69.